The second-order valence-corrected chi connectivity index (χ2v) is 4.63. The average molecular weight is 365 g/mol. The fraction of sp³-hybridized carbons (Fsp3) is 0. The summed E-state index contributed by atoms with van der Waals surface area (Å²) in [6, 6.07) is 0. The summed E-state index contributed by atoms with van der Waals surface area (Å²) in [7, 11) is 0. The molecule has 14 heavy (non-hydrogen) atoms. The Morgan fingerprint density at radius 2 is 1.64 bits per heavy atom. The van der Waals surface area contributed by atoms with E-state index in [1.165, 1.54) is 0 Å². The third-order valence-electron chi connectivity index (χ3n) is 1.46. The topological polar surface area (TPSA) is 57.5 Å². The average Bonchev–Trinajstić information content (AvgIpc) is 2.11. The number of hydrogen-bond donors (Lipinski definition) is 2. The molecule has 0 spiro atoms. The lowest BCUT2D eigenvalue weighted by Gasteiger charge is -2.08. The number of aromatic carboxylic acids is 1. The van der Waals surface area contributed by atoms with E-state index in [-0.39, 0.29) is 24.6 Å². The van der Waals surface area contributed by atoms with Gasteiger partial charge in [0.05, 0.1) is 19.0 Å². The van der Waals surface area contributed by atoms with Crippen LogP contribution in [-0.4, -0.2) is 16.2 Å². The van der Waals surface area contributed by atoms with Crippen molar-refractivity contribution in [1.82, 2.24) is 0 Å². The first-order valence-electron chi connectivity index (χ1n) is 3.16. The maximum atomic E-state index is 10.7. The number of benzene rings is 1. The molecule has 1 aromatic rings. The minimum atomic E-state index is -1.31. The Kier molecular flexibility index (Phi) is 3.69. The first-order chi connectivity index (χ1) is 6.37. The summed E-state index contributed by atoms with van der Waals surface area (Å²) in [5.74, 6) is -1.84. The number of hydrogen-bond acceptors (Lipinski definition) is 2. The zero-order valence-electron chi connectivity index (χ0n) is 6.31. The fourth-order valence-electron chi connectivity index (χ4n) is 0.815. The highest BCUT2D eigenvalue weighted by molar-refractivity contribution is 9.11. The van der Waals surface area contributed by atoms with E-state index in [1.807, 2.05) is 0 Å². The minimum absolute atomic E-state index is 0.0837. The molecule has 0 heterocycles. The molecule has 0 aliphatic carbocycles. The van der Waals surface area contributed by atoms with Crippen LogP contribution in [0.5, 0.6) is 5.75 Å². The van der Waals surface area contributed by atoms with Gasteiger partial charge in [-0.15, -0.1) is 0 Å². The molecule has 3 nitrogen and oxygen atoms in total. The van der Waals surface area contributed by atoms with E-state index >= 15 is 0 Å². The van der Waals surface area contributed by atoms with Crippen molar-refractivity contribution in [3.8, 4) is 5.75 Å². The van der Waals surface area contributed by atoms with Gasteiger partial charge in [0.1, 0.15) is 5.56 Å². The molecule has 0 aliphatic heterocycles. The summed E-state index contributed by atoms with van der Waals surface area (Å²) in [6.07, 6.45) is 0. The fourth-order valence-corrected chi connectivity index (χ4v) is 2.45. The quantitative estimate of drug-likeness (QED) is 0.586. The lowest BCUT2D eigenvalue weighted by atomic mass is 10.2. The summed E-state index contributed by atoms with van der Waals surface area (Å²) in [6.45, 7) is 0. The summed E-state index contributed by atoms with van der Waals surface area (Å²) >= 11 is 17.4. The van der Waals surface area contributed by atoms with Gasteiger partial charge in [-0.3, -0.25) is 0 Å². The number of carbonyl (C=O) groups is 1. The normalized spacial score (nSPS) is 10.3. The predicted octanol–water partition coefficient (Wildman–Crippen LogP) is 3.92. The largest absolute Gasteiger partial charge is 0.505 e. The maximum Gasteiger partial charge on any atom is 0.340 e. The molecule has 0 unspecified atom stereocenters. The van der Waals surface area contributed by atoms with Crippen LogP contribution >= 0.6 is 55.1 Å². The molecule has 1 aromatic carbocycles. The second-order valence-electron chi connectivity index (χ2n) is 2.28. The van der Waals surface area contributed by atoms with Gasteiger partial charge in [-0.05, 0) is 31.9 Å². The number of carboxylic acids is 1. The van der Waals surface area contributed by atoms with E-state index in [2.05, 4.69) is 31.9 Å². The van der Waals surface area contributed by atoms with E-state index < -0.39 is 11.7 Å². The monoisotopic (exact) mass is 362 g/mol. The standard InChI is InChI=1S/C7H2Br2Cl2O3/c8-2-1(7(13)14)6(12)5(11)3(9)4(2)10/h12H,(H,13,14). The van der Waals surface area contributed by atoms with Crippen LogP contribution in [0.4, 0.5) is 0 Å². The summed E-state index contributed by atoms with van der Waals surface area (Å²) in [5, 5.41) is 18.2. The van der Waals surface area contributed by atoms with Gasteiger partial charge in [-0.1, -0.05) is 23.2 Å². The molecule has 1 rings (SSSR count). The lowest BCUT2D eigenvalue weighted by Crippen LogP contribution is -1.99. The third kappa shape index (κ3) is 1.86. The number of rotatable bonds is 1. The Morgan fingerprint density at radius 3 is 2.07 bits per heavy atom. The van der Waals surface area contributed by atoms with Gasteiger partial charge in [0.15, 0.2) is 5.75 Å². The van der Waals surface area contributed by atoms with Crippen LogP contribution in [0.2, 0.25) is 10.0 Å². The maximum absolute atomic E-state index is 10.7. The Labute approximate surface area is 106 Å². The molecule has 0 saturated heterocycles. The Hall–Kier alpha value is 0.0300. The van der Waals surface area contributed by atoms with Crippen LogP contribution in [-0.2, 0) is 0 Å². The van der Waals surface area contributed by atoms with Crippen LogP contribution in [0.1, 0.15) is 10.4 Å². The van der Waals surface area contributed by atoms with Gasteiger partial charge in [0, 0.05) is 0 Å². The van der Waals surface area contributed by atoms with Crippen LogP contribution < -0.4 is 0 Å². The SMILES string of the molecule is O=C(O)c1c(O)c(Cl)c(Br)c(Cl)c1Br. The molecule has 76 valence electrons. The second kappa shape index (κ2) is 4.26. The highest BCUT2D eigenvalue weighted by Crippen LogP contribution is 2.45. The molecular weight excluding hydrogens is 363 g/mol. The van der Waals surface area contributed by atoms with Crippen molar-refractivity contribution in [2.45, 2.75) is 0 Å². The minimum Gasteiger partial charge on any atom is -0.505 e. The van der Waals surface area contributed by atoms with Crippen LogP contribution in [0.3, 0.4) is 0 Å². The van der Waals surface area contributed by atoms with Crippen molar-refractivity contribution in [2.24, 2.45) is 0 Å². The molecule has 0 fully saturated rings. The molecule has 0 aliphatic rings. The molecular formula is C7H2Br2Cl2O3. The zero-order chi connectivity index (χ0) is 11.0. The van der Waals surface area contributed by atoms with Gasteiger partial charge in [-0.25, -0.2) is 4.79 Å². The Morgan fingerprint density at radius 1 is 1.14 bits per heavy atom. The highest BCUT2D eigenvalue weighted by Gasteiger charge is 2.23. The van der Waals surface area contributed by atoms with Gasteiger partial charge in [0.2, 0.25) is 0 Å². The van der Waals surface area contributed by atoms with Gasteiger partial charge < -0.3 is 10.2 Å². The van der Waals surface area contributed by atoms with Crippen molar-refractivity contribution in [1.29, 1.82) is 0 Å². The van der Waals surface area contributed by atoms with Crippen molar-refractivity contribution in [3.05, 3.63) is 24.6 Å². The van der Waals surface area contributed by atoms with Crippen molar-refractivity contribution in [2.75, 3.05) is 0 Å². The van der Waals surface area contributed by atoms with Crippen LogP contribution in [0.25, 0.3) is 0 Å². The van der Waals surface area contributed by atoms with Gasteiger partial charge in [0.25, 0.3) is 0 Å². The van der Waals surface area contributed by atoms with Gasteiger partial charge >= 0.3 is 5.97 Å². The first-order valence-corrected chi connectivity index (χ1v) is 5.50. The van der Waals surface area contributed by atoms with E-state index in [0.717, 1.165) is 0 Å². The molecule has 7 heteroatoms. The van der Waals surface area contributed by atoms with Gasteiger partial charge in [-0.2, -0.15) is 0 Å². The highest BCUT2D eigenvalue weighted by atomic mass is 79.9. The Balaban J connectivity index is 3.68. The molecule has 0 aromatic heterocycles. The molecule has 0 radical (unpaired) electrons. The smallest absolute Gasteiger partial charge is 0.340 e. The number of phenols is 1. The molecule has 0 bridgehead atoms. The van der Waals surface area contributed by atoms with Crippen molar-refractivity contribution in [3.63, 3.8) is 0 Å². The number of carboxylic acid groups (broad SMARTS) is 1. The van der Waals surface area contributed by atoms with Crippen molar-refractivity contribution < 1.29 is 15.0 Å². The lowest BCUT2D eigenvalue weighted by molar-refractivity contribution is 0.0692. The Bertz CT molecular complexity index is 391. The summed E-state index contributed by atoms with van der Waals surface area (Å²) in [4.78, 5) is 10.7. The number of halogens is 4. The van der Waals surface area contributed by atoms with E-state index in [4.69, 9.17) is 28.3 Å². The van der Waals surface area contributed by atoms with Crippen molar-refractivity contribution >= 4 is 61.0 Å². The molecule has 0 amide bonds. The first kappa shape index (κ1) is 12.1. The number of aromatic hydroxyl groups is 1. The summed E-state index contributed by atoms with van der Waals surface area (Å²) < 4.78 is 0.329. The molecule has 0 saturated carbocycles. The third-order valence-corrected chi connectivity index (χ3v) is 4.47. The predicted molar refractivity (Wildman–Crippen MR) is 60.5 cm³/mol. The molecule has 0 atom stereocenters. The van der Waals surface area contributed by atoms with E-state index in [1.54, 1.807) is 0 Å². The van der Waals surface area contributed by atoms with Crippen LogP contribution in [0, 0.1) is 0 Å². The molecule has 2 N–H and O–H groups in total. The van der Waals surface area contributed by atoms with Crippen LogP contribution in [0.15, 0.2) is 8.95 Å². The zero-order valence-corrected chi connectivity index (χ0v) is 11.0. The van der Waals surface area contributed by atoms with E-state index in [0.29, 0.717) is 0 Å². The summed E-state index contributed by atoms with van der Waals surface area (Å²) in [5.41, 5.74) is -0.358. The van der Waals surface area contributed by atoms with E-state index in [9.17, 15) is 9.90 Å².